The van der Waals surface area contributed by atoms with Gasteiger partial charge in [0.05, 0.1) is 5.69 Å². The largest absolute Gasteiger partial charge is 0.331 e. The van der Waals surface area contributed by atoms with Crippen LogP contribution in [0.4, 0.5) is 15.8 Å². The summed E-state index contributed by atoms with van der Waals surface area (Å²) < 4.78 is 12.7. The monoisotopic (exact) mass is 275 g/mol. The molecule has 0 radical (unpaired) electrons. The zero-order valence-corrected chi connectivity index (χ0v) is 11.2. The van der Waals surface area contributed by atoms with Crippen molar-refractivity contribution in [3.05, 3.63) is 59.9 Å². The lowest BCUT2D eigenvalue weighted by molar-refractivity contribution is 0.628. The van der Waals surface area contributed by atoms with Crippen molar-refractivity contribution in [1.29, 1.82) is 0 Å². The topological polar surface area (TPSA) is 36.1 Å². The second kappa shape index (κ2) is 6.15. The summed E-state index contributed by atoms with van der Waals surface area (Å²) in [6, 6.07) is 13.9. The molecule has 2 aromatic carbocycles. The average molecular weight is 275 g/mol. The van der Waals surface area contributed by atoms with Gasteiger partial charge in [-0.15, -0.1) is 0 Å². The van der Waals surface area contributed by atoms with Gasteiger partial charge in [0.2, 0.25) is 0 Å². The molecular formula is C14H14FN3S. The van der Waals surface area contributed by atoms with E-state index in [1.807, 2.05) is 31.2 Å². The average Bonchev–Trinajstić information content (AvgIpc) is 2.38. The molecule has 0 aliphatic rings. The molecule has 0 aliphatic carbocycles. The minimum absolute atomic E-state index is 0.272. The summed E-state index contributed by atoms with van der Waals surface area (Å²) >= 11 is 5.15. The molecule has 0 amide bonds. The lowest BCUT2D eigenvalue weighted by Gasteiger charge is -2.12. The number of benzene rings is 2. The van der Waals surface area contributed by atoms with E-state index in [0.29, 0.717) is 5.11 Å². The molecule has 2 rings (SSSR count). The van der Waals surface area contributed by atoms with Gasteiger partial charge in [-0.25, -0.2) is 4.39 Å². The SMILES string of the molecule is Cc1cccc(NC(=S)NNc2ccc(F)cc2)c1. The van der Waals surface area contributed by atoms with E-state index < -0.39 is 0 Å². The maximum atomic E-state index is 12.7. The third-order valence-corrected chi connectivity index (χ3v) is 2.64. The standard InChI is InChI=1S/C14H14FN3S/c1-10-3-2-4-13(9-10)16-14(19)18-17-12-7-5-11(15)6-8-12/h2-9,17H,1H3,(H2,16,18,19). The molecular weight excluding hydrogens is 261 g/mol. The lowest BCUT2D eigenvalue weighted by atomic mass is 10.2. The number of thiocarbonyl (C=S) groups is 1. The van der Waals surface area contributed by atoms with Gasteiger partial charge in [0, 0.05) is 5.69 Å². The third kappa shape index (κ3) is 4.22. The fourth-order valence-corrected chi connectivity index (χ4v) is 1.72. The zero-order valence-electron chi connectivity index (χ0n) is 10.4. The van der Waals surface area contributed by atoms with Crippen LogP contribution in [-0.4, -0.2) is 5.11 Å². The molecule has 0 spiro atoms. The van der Waals surface area contributed by atoms with Crippen LogP contribution in [0, 0.1) is 12.7 Å². The van der Waals surface area contributed by atoms with E-state index in [1.54, 1.807) is 12.1 Å². The van der Waals surface area contributed by atoms with Gasteiger partial charge in [0.1, 0.15) is 5.82 Å². The van der Waals surface area contributed by atoms with Crippen molar-refractivity contribution in [3.8, 4) is 0 Å². The van der Waals surface area contributed by atoms with Crippen molar-refractivity contribution in [1.82, 2.24) is 5.43 Å². The van der Waals surface area contributed by atoms with E-state index in [9.17, 15) is 4.39 Å². The van der Waals surface area contributed by atoms with Gasteiger partial charge in [-0.05, 0) is 61.1 Å². The quantitative estimate of drug-likeness (QED) is 0.592. The van der Waals surface area contributed by atoms with Crippen LogP contribution >= 0.6 is 12.2 Å². The van der Waals surface area contributed by atoms with Crippen LogP contribution < -0.4 is 16.2 Å². The van der Waals surface area contributed by atoms with Crippen LogP contribution in [0.5, 0.6) is 0 Å². The first-order valence-corrected chi connectivity index (χ1v) is 6.19. The van der Waals surface area contributed by atoms with Crippen LogP contribution in [-0.2, 0) is 0 Å². The summed E-state index contributed by atoms with van der Waals surface area (Å²) in [6.45, 7) is 2.01. The molecule has 0 saturated carbocycles. The predicted octanol–water partition coefficient (Wildman–Crippen LogP) is 3.45. The Balaban J connectivity index is 1.86. The molecule has 0 atom stereocenters. The minimum Gasteiger partial charge on any atom is -0.331 e. The maximum Gasteiger partial charge on any atom is 0.189 e. The highest BCUT2D eigenvalue weighted by atomic mass is 32.1. The summed E-state index contributed by atoms with van der Waals surface area (Å²) in [5.41, 5.74) is 8.52. The van der Waals surface area contributed by atoms with Crippen molar-refractivity contribution in [3.63, 3.8) is 0 Å². The molecule has 98 valence electrons. The first-order chi connectivity index (χ1) is 9.13. The van der Waals surface area contributed by atoms with E-state index >= 15 is 0 Å². The molecule has 3 N–H and O–H groups in total. The second-order valence-corrected chi connectivity index (χ2v) is 4.49. The molecule has 0 fully saturated rings. The number of halogens is 1. The highest BCUT2D eigenvalue weighted by Crippen LogP contribution is 2.10. The van der Waals surface area contributed by atoms with E-state index in [1.165, 1.54) is 12.1 Å². The number of nitrogens with one attached hydrogen (secondary N) is 3. The zero-order chi connectivity index (χ0) is 13.7. The molecule has 0 saturated heterocycles. The fourth-order valence-electron chi connectivity index (χ4n) is 1.55. The summed E-state index contributed by atoms with van der Waals surface area (Å²) in [5, 5.41) is 3.49. The Bertz CT molecular complexity index is 569. The summed E-state index contributed by atoms with van der Waals surface area (Å²) in [4.78, 5) is 0. The number of hydrogen-bond donors (Lipinski definition) is 3. The van der Waals surface area contributed by atoms with Crippen molar-refractivity contribution in [2.24, 2.45) is 0 Å². The van der Waals surface area contributed by atoms with Gasteiger partial charge in [-0.2, -0.15) is 0 Å². The maximum absolute atomic E-state index is 12.7. The molecule has 0 aliphatic heterocycles. The van der Waals surface area contributed by atoms with Crippen LogP contribution in [0.3, 0.4) is 0 Å². The van der Waals surface area contributed by atoms with E-state index in [0.717, 1.165) is 16.9 Å². The van der Waals surface area contributed by atoms with Gasteiger partial charge < -0.3 is 5.32 Å². The molecule has 5 heteroatoms. The summed E-state index contributed by atoms with van der Waals surface area (Å²) in [7, 11) is 0. The van der Waals surface area contributed by atoms with Gasteiger partial charge in [0.15, 0.2) is 5.11 Å². The first kappa shape index (κ1) is 13.3. The number of hydrogen-bond acceptors (Lipinski definition) is 2. The summed E-state index contributed by atoms with van der Waals surface area (Å²) in [6.07, 6.45) is 0. The number of rotatable bonds is 3. The number of aryl methyl sites for hydroxylation is 1. The third-order valence-electron chi connectivity index (χ3n) is 2.44. The smallest absolute Gasteiger partial charge is 0.189 e. The minimum atomic E-state index is -0.272. The second-order valence-electron chi connectivity index (χ2n) is 4.08. The lowest BCUT2D eigenvalue weighted by Crippen LogP contribution is -2.33. The molecule has 0 heterocycles. The van der Waals surface area contributed by atoms with Crippen molar-refractivity contribution < 1.29 is 4.39 Å². The Morgan fingerprint density at radius 3 is 2.47 bits per heavy atom. The van der Waals surface area contributed by atoms with E-state index in [4.69, 9.17) is 12.2 Å². The first-order valence-electron chi connectivity index (χ1n) is 5.79. The number of hydrazine groups is 1. The molecule has 19 heavy (non-hydrogen) atoms. The highest BCUT2D eigenvalue weighted by molar-refractivity contribution is 7.80. The van der Waals surface area contributed by atoms with Gasteiger partial charge in [0.25, 0.3) is 0 Å². The molecule has 0 bridgehead atoms. The Hall–Kier alpha value is -2.14. The van der Waals surface area contributed by atoms with Gasteiger partial charge in [-0.1, -0.05) is 12.1 Å². The molecule has 0 unspecified atom stereocenters. The van der Waals surface area contributed by atoms with E-state index in [-0.39, 0.29) is 5.82 Å². The summed E-state index contributed by atoms with van der Waals surface area (Å²) in [5.74, 6) is -0.272. The van der Waals surface area contributed by atoms with Crippen molar-refractivity contribution in [2.45, 2.75) is 6.92 Å². The van der Waals surface area contributed by atoms with Gasteiger partial charge in [-0.3, -0.25) is 10.9 Å². The Kier molecular flexibility index (Phi) is 4.30. The van der Waals surface area contributed by atoms with Crippen molar-refractivity contribution in [2.75, 3.05) is 10.7 Å². The van der Waals surface area contributed by atoms with E-state index in [2.05, 4.69) is 16.2 Å². The molecule has 0 aromatic heterocycles. The van der Waals surface area contributed by atoms with Crippen LogP contribution in [0.15, 0.2) is 48.5 Å². The Labute approximate surface area is 116 Å². The Morgan fingerprint density at radius 1 is 1.05 bits per heavy atom. The number of anilines is 2. The molecule has 3 nitrogen and oxygen atoms in total. The van der Waals surface area contributed by atoms with Gasteiger partial charge >= 0.3 is 0 Å². The predicted molar refractivity (Wildman–Crippen MR) is 80.6 cm³/mol. The van der Waals surface area contributed by atoms with Crippen molar-refractivity contribution >= 4 is 28.7 Å². The molecule has 2 aromatic rings. The Morgan fingerprint density at radius 2 is 1.79 bits per heavy atom. The normalized spacial score (nSPS) is 9.79. The fraction of sp³-hybridized carbons (Fsp3) is 0.0714. The van der Waals surface area contributed by atoms with Crippen LogP contribution in [0.1, 0.15) is 5.56 Å². The highest BCUT2D eigenvalue weighted by Gasteiger charge is 1.98. The van der Waals surface area contributed by atoms with Crippen LogP contribution in [0.25, 0.3) is 0 Å². The van der Waals surface area contributed by atoms with Crippen LogP contribution in [0.2, 0.25) is 0 Å².